The summed E-state index contributed by atoms with van der Waals surface area (Å²) >= 11 is 0. The third-order valence-corrected chi connectivity index (χ3v) is 2.59. The van der Waals surface area contributed by atoms with Gasteiger partial charge in [0.05, 0.1) is 13.7 Å². The normalized spacial score (nSPS) is 15.7. The number of methoxy groups -OCH3 is 1. The summed E-state index contributed by atoms with van der Waals surface area (Å²) in [7, 11) is 1.27. The molecular formula is C13H17NO5. The number of hydrogen-bond donors (Lipinski definition) is 0. The molecule has 0 spiro atoms. The highest BCUT2D eigenvalue weighted by molar-refractivity contribution is 5.97. The van der Waals surface area contributed by atoms with Crippen LogP contribution in [0.4, 0.5) is 0 Å². The number of piperidine rings is 1. The summed E-state index contributed by atoms with van der Waals surface area (Å²) in [6, 6.07) is 0. The number of rotatable bonds is 6. The van der Waals surface area contributed by atoms with Crippen LogP contribution >= 0.6 is 0 Å². The van der Waals surface area contributed by atoms with Crippen molar-refractivity contribution < 1.29 is 23.9 Å². The van der Waals surface area contributed by atoms with Crippen LogP contribution in [-0.4, -0.2) is 42.9 Å². The molecule has 0 aromatic rings. The van der Waals surface area contributed by atoms with Crippen LogP contribution in [0.5, 0.6) is 0 Å². The van der Waals surface area contributed by atoms with E-state index in [9.17, 15) is 14.4 Å². The van der Waals surface area contributed by atoms with E-state index in [1.165, 1.54) is 24.2 Å². The topological polar surface area (TPSA) is 72.9 Å². The van der Waals surface area contributed by atoms with E-state index < -0.39 is 5.97 Å². The van der Waals surface area contributed by atoms with Crippen molar-refractivity contribution in [3.05, 3.63) is 24.5 Å². The largest absolute Gasteiger partial charge is 0.492 e. The molecule has 1 aliphatic rings. The van der Waals surface area contributed by atoms with Gasteiger partial charge in [0.1, 0.15) is 12.4 Å². The molecule has 0 unspecified atom stereocenters. The SMILES string of the molecule is C=C(/C=C/C(=O)OC)OCCN1C(=O)CCCC1=O. The number of nitrogens with zero attached hydrogens (tertiary/aromatic N) is 1. The van der Waals surface area contributed by atoms with E-state index in [0.717, 1.165) is 0 Å². The monoisotopic (exact) mass is 267 g/mol. The van der Waals surface area contributed by atoms with E-state index in [1.54, 1.807) is 0 Å². The third-order valence-electron chi connectivity index (χ3n) is 2.59. The smallest absolute Gasteiger partial charge is 0.330 e. The Morgan fingerprint density at radius 1 is 1.32 bits per heavy atom. The Morgan fingerprint density at radius 3 is 2.53 bits per heavy atom. The van der Waals surface area contributed by atoms with Crippen molar-refractivity contribution in [1.29, 1.82) is 0 Å². The number of ether oxygens (including phenoxy) is 2. The maximum absolute atomic E-state index is 11.5. The number of hydrogen-bond acceptors (Lipinski definition) is 5. The molecule has 6 heteroatoms. The first-order chi connectivity index (χ1) is 9.04. The van der Waals surface area contributed by atoms with E-state index in [1.807, 2.05) is 0 Å². The standard InChI is InChI=1S/C13H17NO5/c1-10(6-7-13(17)18-2)19-9-8-14-11(15)4-3-5-12(14)16/h6-7H,1,3-5,8-9H2,2H3/b7-6+. The Morgan fingerprint density at radius 2 is 1.95 bits per heavy atom. The fourth-order valence-electron chi connectivity index (χ4n) is 1.59. The first-order valence-electron chi connectivity index (χ1n) is 5.95. The first kappa shape index (κ1) is 14.9. The van der Waals surface area contributed by atoms with Crippen molar-refractivity contribution in [3.63, 3.8) is 0 Å². The second-order valence-electron chi connectivity index (χ2n) is 3.96. The predicted molar refractivity (Wildman–Crippen MR) is 66.8 cm³/mol. The minimum Gasteiger partial charge on any atom is -0.492 e. The summed E-state index contributed by atoms with van der Waals surface area (Å²) in [6.07, 6.45) is 3.96. The molecule has 1 aliphatic heterocycles. The molecule has 1 saturated heterocycles. The molecule has 1 heterocycles. The highest BCUT2D eigenvalue weighted by Crippen LogP contribution is 2.11. The zero-order chi connectivity index (χ0) is 14.3. The quantitative estimate of drug-likeness (QED) is 0.234. The van der Waals surface area contributed by atoms with Gasteiger partial charge in [-0.05, 0) is 12.5 Å². The Labute approximate surface area is 111 Å². The van der Waals surface area contributed by atoms with Gasteiger partial charge in [0.15, 0.2) is 0 Å². The van der Waals surface area contributed by atoms with Crippen LogP contribution in [0.25, 0.3) is 0 Å². The minimum absolute atomic E-state index is 0.155. The number of amides is 2. The Hall–Kier alpha value is -2.11. The summed E-state index contributed by atoms with van der Waals surface area (Å²) in [5.74, 6) is -0.584. The molecule has 0 N–H and O–H groups in total. The van der Waals surface area contributed by atoms with E-state index in [4.69, 9.17) is 4.74 Å². The van der Waals surface area contributed by atoms with E-state index >= 15 is 0 Å². The van der Waals surface area contributed by atoms with Crippen LogP contribution in [0.2, 0.25) is 0 Å². The van der Waals surface area contributed by atoms with Crippen molar-refractivity contribution in [2.45, 2.75) is 19.3 Å². The zero-order valence-electron chi connectivity index (χ0n) is 10.9. The van der Waals surface area contributed by atoms with Crippen LogP contribution in [0, 0.1) is 0 Å². The molecule has 0 aromatic carbocycles. The number of imide groups is 1. The van der Waals surface area contributed by atoms with Gasteiger partial charge in [-0.3, -0.25) is 14.5 Å². The molecule has 0 atom stereocenters. The van der Waals surface area contributed by atoms with Crippen molar-refractivity contribution in [2.24, 2.45) is 0 Å². The molecule has 1 rings (SSSR count). The number of esters is 1. The number of allylic oxidation sites excluding steroid dienone is 1. The van der Waals surface area contributed by atoms with Gasteiger partial charge in [-0.2, -0.15) is 0 Å². The number of carbonyl (C=O) groups is 3. The molecule has 19 heavy (non-hydrogen) atoms. The molecular weight excluding hydrogens is 250 g/mol. The summed E-state index contributed by atoms with van der Waals surface area (Å²) in [5, 5.41) is 0. The van der Waals surface area contributed by atoms with Gasteiger partial charge in [-0.15, -0.1) is 0 Å². The van der Waals surface area contributed by atoms with Gasteiger partial charge in [-0.25, -0.2) is 4.79 Å². The molecule has 0 radical (unpaired) electrons. The highest BCUT2D eigenvalue weighted by Gasteiger charge is 2.25. The van der Waals surface area contributed by atoms with Gasteiger partial charge in [0.2, 0.25) is 11.8 Å². The molecule has 0 aromatic heterocycles. The van der Waals surface area contributed by atoms with Crippen LogP contribution in [0.3, 0.4) is 0 Å². The molecule has 6 nitrogen and oxygen atoms in total. The van der Waals surface area contributed by atoms with Crippen molar-refractivity contribution in [3.8, 4) is 0 Å². The Kier molecular flexibility index (Phi) is 5.78. The maximum Gasteiger partial charge on any atom is 0.330 e. The summed E-state index contributed by atoms with van der Waals surface area (Å²) < 4.78 is 9.61. The summed E-state index contributed by atoms with van der Waals surface area (Å²) in [6.45, 7) is 3.93. The number of likely N-dealkylation sites (tertiary alicyclic amines) is 1. The molecule has 0 bridgehead atoms. The predicted octanol–water partition coefficient (Wildman–Crippen LogP) is 0.785. The molecule has 1 fully saturated rings. The van der Waals surface area contributed by atoms with Gasteiger partial charge in [0.25, 0.3) is 0 Å². The summed E-state index contributed by atoms with van der Waals surface area (Å²) in [4.78, 5) is 35.0. The summed E-state index contributed by atoms with van der Waals surface area (Å²) in [5.41, 5.74) is 0. The molecule has 104 valence electrons. The zero-order valence-corrected chi connectivity index (χ0v) is 10.9. The lowest BCUT2D eigenvalue weighted by molar-refractivity contribution is -0.148. The third kappa shape index (κ3) is 4.95. The fourth-order valence-corrected chi connectivity index (χ4v) is 1.59. The van der Waals surface area contributed by atoms with Crippen molar-refractivity contribution in [1.82, 2.24) is 4.90 Å². The second kappa shape index (κ2) is 7.35. The van der Waals surface area contributed by atoms with Crippen molar-refractivity contribution >= 4 is 17.8 Å². The second-order valence-corrected chi connectivity index (χ2v) is 3.96. The first-order valence-corrected chi connectivity index (χ1v) is 5.95. The van der Waals surface area contributed by atoms with Crippen LogP contribution in [0.1, 0.15) is 19.3 Å². The van der Waals surface area contributed by atoms with Gasteiger partial charge < -0.3 is 9.47 Å². The average molecular weight is 267 g/mol. The minimum atomic E-state index is -0.508. The average Bonchev–Trinajstić information content (AvgIpc) is 2.39. The Bertz CT molecular complexity index is 397. The van der Waals surface area contributed by atoms with Gasteiger partial charge in [0, 0.05) is 18.9 Å². The lowest BCUT2D eigenvalue weighted by atomic mass is 10.1. The van der Waals surface area contributed by atoms with E-state index in [0.29, 0.717) is 19.3 Å². The number of carbonyl (C=O) groups excluding carboxylic acids is 3. The van der Waals surface area contributed by atoms with Crippen molar-refractivity contribution in [2.75, 3.05) is 20.3 Å². The lowest BCUT2D eigenvalue weighted by Gasteiger charge is -2.24. The van der Waals surface area contributed by atoms with Crippen LogP contribution in [0.15, 0.2) is 24.5 Å². The molecule has 2 amide bonds. The molecule has 0 aliphatic carbocycles. The lowest BCUT2D eigenvalue weighted by Crippen LogP contribution is -2.41. The fraction of sp³-hybridized carbons (Fsp3) is 0.462. The highest BCUT2D eigenvalue weighted by atomic mass is 16.5. The van der Waals surface area contributed by atoms with Crippen LogP contribution in [-0.2, 0) is 23.9 Å². The van der Waals surface area contributed by atoms with E-state index in [2.05, 4.69) is 11.3 Å². The maximum atomic E-state index is 11.5. The Balaban J connectivity index is 2.31. The van der Waals surface area contributed by atoms with Crippen LogP contribution < -0.4 is 0 Å². The molecule has 0 saturated carbocycles. The van der Waals surface area contributed by atoms with Gasteiger partial charge in [-0.1, -0.05) is 6.58 Å². The van der Waals surface area contributed by atoms with Gasteiger partial charge >= 0.3 is 5.97 Å². The van der Waals surface area contributed by atoms with E-state index in [-0.39, 0.29) is 30.7 Å².